The van der Waals surface area contributed by atoms with E-state index in [-0.39, 0.29) is 2.85 Å². The molecule has 0 amide bonds. The topological polar surface area (TPSA) is 38.0 Å². The number of nitrogens with two attached hydrogens (primary N) is 1. The van der Waals surface area contributed by atoms with E-state index < -0.39 is 0 Å². The Labute approximate surface area is 109 Å². The summed E-state index contributed by atoms with van der Waals surface area (Å²) < 4.78 is 0. The van der Waals surface area contributed by atoms with Gasteiger partial charge < -0.3 is 11.1 Å². The van der Waals surface area contributed by atoms with Crippen molar-refractivity contribution in [1.29, 1.82) is 0 Å². The Hall–Kier alpha value is -0.600. The van der Waals surface area contributed by atoms with Crippen LogP contribution in [0.4, 0.5) is 0 Å². The standard InChI is InChI=1S/C15H28N2.2H2/c1-3-5-6-15(4-2)17-12-14-9-7-13(11-16)8-10-14;;/h7,9,15,17H,3-6,8,10-12,16H2,1-2H3;2*1H. The molecule has 0 fully saturated rings. The first-order chi connectivity index (χ1) is 8.30. The highest BCUT2D eigenvalue weighted by molar-refractivity contribution is 5.25. The second kappa shape index (κ2) is 8.48. The summed E-state index contributed by atoms with van der Waals surface area (Å²) >= 11 is 0. The molecular formula is C15H32N2. The van der Waals surface area contributed by atoms with Gasteiger partial charge in [0.2, 0.25) is 0 Å². The minimum Gasteiger partial charge on any atom is -0.327 e. The molecule has 0 aromatic rings. The Morgan fingerprint density at radius 3 is 2.53 bits per heavy atom. The second-order valence-corrected chi connectivity index (χ2v) is 4.98. The van der Waals surface area contributed by atoms with Gasteiger partial charge in [-0.3, -0.25) is 0 Å². The van der Waals surface area contributed by atoms with E-state index in [9.17, 15) is 0 Å². The monoisotopic (exact) mass is 240 g/mol. The molecular weight excluding hydrogens is 208 g/mol. The maximum absolute atomic E-state index is 5.63. The van der Waals surface area contributed by atoms with Gasteiger partial charge in [-0.2, -0.15) is 0 Å². The van der Waals surface area contributed by atoms with E-state index in [1.165, 1.54) is 43.3 Å². The summed E-state index contributed by atoms with van der Waals surface area (Å²) in [5.74, 6) is 0. The van der Waals surface area contributed by atoms with Gasteiger partial charge in [-0.05, 0) is 25.7 Å². The lowest BCUT2D eigenvalue weighted by Gasteiger charge is -2.19. The molecule has 1 aliphatic carbocycles. The lowest BCUT2D eigenvalue weighted by molar-refractivity contribution is 0.466. The van der Waals surface area contributed by atoms with Crippen molar-refractivity contribution in [3.05, 3.63) is 23.3 Å². The zero-order valence-corrected chi connectivity index (χ0v) is 11.5. The fourth-order valence-electron chi connectivity index (χ4n) is 2.22. The molecule has 2 nitrogen and oxygen atoms in total. The van der Waals surface area contributed by atoms with Crippen LogP contribution in [0.2, 0.25) is 0 Å². The van der Waals surface area contributed by atoms with Crippen LogP contribution >= 0.6 is 0 Å². The van der Waals surface area contributed by atoms with E-state index >= 15 is 0 Å². The molecule has 0 spiro atoms. The molecule has 3 N–H and O–H groups in total. The molecule has 102 valence electrons. The van der Waals surface area contributed by atoms with E-state index in [4.69, 9.17) is 5.73 Å². The summed E-state index contributed by atoms with van der Waals surface area (Å²) in [6.07, 6.45) is 12.0. The van der Waals surface area contributed by atoms with Gasteiger partial charge in [0, 0.05) is 22.0 Å². The molecule has 0 saturated heterocycles. The zero-order chi connectivity index (χ0) is 12.5. The first kappa shape index (κ1) is 14.5. The van der Waals surface area contributed by atoms with Crippen molar-refractivity contribution < 1.29 is 2.85 Å². The molecule has 1 rings (SSSR count). The number of hydrogen-bond acceptors (Lipinski definition) is 2. The van der Waals surface area contributed by atoms with E-state index in [0.29, 0.717) is 12.6 Å². The van der Waals surface area contributed by atoms with Gasteiger partial charge >= 0.3 is 0 Å². The van der Waals surface area contributed by atoms with Crippen LogP contribution in [0.25, 0.3) is 0 Å². The van der Waals surface area contributed by atoms with Crippen LogP contribution in [0.15, 0.2) is 23.3 Å². The van der Waals surface area contributed by atoms with Crippen molar-refractivity contribution >= 4 is 0 Å². The predicted molar refractivity (Wildman–Crippen MR) is 80.3 cm³/mol. The summed E-state index contributed by atoms with van der Waals surface area (Å²) in [5, 5.41) is 3.68. The molecule has 17 heavy (non-hydrogen) atoms. The van der Waals surface area contributed by atoms with Gasteiger partial charge in [0.1, 0.15) is 0 Å². The highest BCUT2D eigenvalue weighted by atomic mass is 14.9. The summed E-state index contributed by atoms with van der Waals surface area (Å²) in [4.78, 5) is 0. The van der Waals surface area contributed by atoms with Crippen LogP contribution in [-0.2, 0) is 0 Å². The normalized spacial score (nSPS) is 17.6. The molecule has 0 aliphatic heterocycles. The minimum atomic E-state index is 0. The van der Waals surface area contributed by atoms with Gasteiger partial charge in [0.15, 0.2) is 0 Å². The van der Waals surface area contributed by atoms with Crippen LogP contribution in [0.3, 0.4) is 0 Å². The van der Waals surface area contributed by atoms with E-state index in [0.717, 1.165) is 13.0 Å². The largest absolute Gasteiger partial charge is 0.327 e. The van der Waals surface area contributed by atoms with Crippen molar-refractivity contribution in [1.82, 2.24) is 5.32 Å². The van der Waals surface area contributed by atoms with Gasteiger partial charge in [-0.15, -0.1) is 0 Å². The number of rotatable bonds is 8. The molecule has 0 aromatic heterocycles. The molecule has 2 heteroatoms. The third-order valence-corrected chi connectivity index (χ3v) is 3.60. The molecule has 0 aromatic carbocycles. The van der Waals surface area contributed by atoms with Crippen LogP contribution in [0, 0.1) is 0 Å². The summed E-state index contributed by atoms with van der Waals surface area (Å²) in [5.41, 5.74) is 8.54. The fraction of sp³-hybridized carbons (Fsp3) is 0.733. The third-order valence-electron chi connectivity index (χ3n) is 3.60. The second-order valence-electron chi connectivity index (χ2n) is 4.98. The molecule has 0 radical (unpaired) electrons. The number of unbranched alkanes of at least 4 members (excludes halogenated alkanes) is 1. The van der Waals surface area contributed by atoms with E-state index in [1.54, 1.807) is 0 Å². The van der Waals surface area contributed by atoms with Crippen LogP contribution in [0.1, 0.15) is 55.2 Å². The summed E-state index contributed by atoms with van der Waals surface area (Å²) in [6, 6.07) is 0.690. The van der Waals surface area contributed by atoms with Crippen LogP contribution < -0.4 is 11.1 Å². The molecule has 1 unspecified atom stereocenters. The highest BCUT2D eigenvalue weighted by Gasteiger charge is 2.08. The Morgan fingerprint density at radius 1 is 1.29 bits per heavy atom. The molecule has 0 saturated carbocycles. The average Bonchev–Trinajstić information content (AvgIpc) is 2.39. The predicted octanol–water partition coefficient (Wildman–Crippen LogP) is 3.64. The molecule has 0 bridgehead atoms. The molecule has 1 atom stereocenters. The SMILES string of the molecule is CCCCC(CC)NCC1=CC=C(CN)CC1.[HH].[HH]. The Bertz CT molecular complexity index is 275. The third kappa shape index (κ3) is 5.51. The van der Waals surface area contributed by atoms with Crippen molar-refractivity contribution in [2.75, 3.05) is 13.1 Å². The summed E-state index contributed by atoms with van der Waals surface area (Å²) in [6.45, 7) is 6.30. The smallest absolute Gasteiger partial charge is 0.0170 e. The highest BCUT2D eigenvalue weighted by Crippen LogP contribution is 2.17. The average molecular weight is 240 g/mol. The van der Waals surface area contributed by atoms with Crippen LogP contribution in [-0.4, -0.2) is 19.1 Å². The lowest BCUT2D eigenvalue weighted by atomic mass is 9.98. The fourth-order valence-corrected chi connectivity index (χ4v) is 2.22. The number of nitrogens with one attached hydrogen (secondary N) is 1. The van der Waals surface area contributed by atoms with Crippen molar-refractivity contribution in [2.24, 2.45) is 5.73 Å². The van der Waals surface area contributed by atoms with E-state index in [1.807, 2.05) is 0 Å². The number of allylic oxidation sites excluding steroid dienone is 2. The van der Waals surface area contributed by atoms with Crippen molar-refractivity contribution in [3.8, 4) is 0 Å². The Kier molecular flexibility index (Phi) is 7.22. The van der Waals surface area contributed by atoms with Crippen molar-refractivity contribution in [2.45, 2.75) is 58.4 Å². The van der Waals surface area contributed by atoms with Gasteiger partial charge in [-0.25, -0.2) is 0 Å². The quantitative estimate of drug-likeness (QED) is 0.680. The maximum atomic E-state index is 5.63. The van der Waals surface area contributed by atoms with E-state index in [2.05, 4.69) is 31.3 Å². The maximum Gasteiger partial charge on any atom is 0.0170 e. The molecule has 1 aliphatic rings. The first-order valence-electron chi connectivity index (χ1n) is 7.11. The van der Waals surface area contributed by atoms with Gasteiger partial charge in [0.05, 0.1) is 0 Å². The Balaban J connectivity index is 0. The summed E-state index contributed by atoms with van der Waals surface area (Å²) in [7, 11) is 0. The van der Waals surface area contributed by atoms with Gasteiger partial charge in [0.25, 0.3) is 0 Å². The van der Waals surface area contributed by atoms with Gasteiger partial charge in [-0.1, -0.05) is 50.0 Å². The molecule has 0 heterocycles. The number of hydrogen-bond donors (Lipinski definition) is 2. The first-order valence-corrected chi connectivity index (χ1v) is 7.11. The van der Waals surface area contributed by atoms with Crippen LogP contribution in [0.5, 0.6) is 0 Å². The zero-order valence-electron chi connectivity index (χ0n) is 11.5. The lowest BCUT2D eigenvalue weighted by Crippen LogP contribution is -2.30. The minimum absolute atomic E-state index is 0. The Morgan fingerprint density at radius 2 is 2.00 bits per heavy atom. The van der Waals surface area contributed by atoms with Crippen molar-refractivity contribution in [3.63, 3.8) is 0 Å².